The van der Waals surface area contributed by atoms with Crippen molar-refractivity contribution in [2.75, 3.05) is 0 Å². The Morgan fingerprint density at radius 1 is 1.33 bits per heavy atom. The summed E-state index contributed by atoms with van der Waals surface area (Å²) < 4.78 is 10.0. The molecular weight excluding hydrogens is 268 g/mol. The number of ether oxygens (including phenoxy) is 1. The molecule has 0 aliphatic rings. The van der Waals surface area contributed by atoms with Crippen molar-refractivity contribution in [2.24, 2.45) is 0 Å². The molecule has 0 saturated heterocycles. The van der Waals surface area contributed by atoms with Crippen LogP contribution in [-0.4, -0.2) is 16.1 Å². The SMILES string of the molecule is CCCc1noc(COC(=O)/C=C/c2ccc(C)cc2)n1. The summed E-state index contributed by atoms with van der Waals surface area (Å²) in [5.41, 5.74) is 2.12. The first kappa shape index (κ1) is 15.0. The summed E-state index contributed by atoms with van der Waals surface area (Å²) in [5, 5.41) is 3.79. The van der Waals surface area contributed by atoms with Crippen LogP contribution in [0.3, 0.4) is 0 Å². The Morgan fingerprint density at radius 3 is 2.81 bits per heavy atom. The zero-order chi connectivity index (χ0) is 15.1. The topological polar surface area (TPSA) is 65.2 Å². The first-order valence-electron chi connectivity index (χ1n) is 6.90. The summed E-state index contributed by atoms with van der Waals surface area (Å²) in [6.07, 6.45) is 4.79. The Morgan fingerprint density at radius 2 is 2.10 bits per heavy atom. The molecule has 0 amide bonds. The molecule has 0 radical (unpaired) electrons. The van der Waals surface area contributed by atoms with E-state index in [1.54, 1.807) is 6.08 Å². The van der Waals surface area contributed by atoms with Gasteiger partial charge in [-0.15, -0.1) is 0 Å². The predicted molar refractivity (Wildman–Crippen MR) is 78.3 cm³/mol. The Bertz CT molecular complexity index is 615. The average Bonchev–Trinajstić information content (AvgIpc) is 2.93. The Labute approximate surface area is 123 Å². The number of nitrogens with zero attached hydrogens (tertiary/aromatic N) is 2. The molecule has 0 atom stereocenters. The number of hydrogen-bond donors (Lipinski definition) is 0. The van der Waals surface area contributed by atoms with E-state index in [9.17, 15) is 4.79 Å². The molecule has 2 aromatic rings. The predicted octanol–water partition coefficient (Wildman–Crippen LogP) is 3.09. The van der Waals surface area contributed by atoms with Gasteiger partial charge in [0.15, 0.2) is 12.4 Å². The highest BCUT2D eigenvalue weighted by Gasteiger charge is 2.07. The number of hydrogen-bond acceptors (Lipinski definition) is 5. The minimum absolute atomic E-state index is 0.00617. The molecule has 5 nitrogen and oxygen atoms in total. The van der Waals surface area contributed by atoms with Gasteiger partial charge in [0.2, 0.25) is 0 Å². The smallest absolute Gasteiger partial charge is 0.331 e. The molecule has 1 aromatic carbocycles. The summed E-state index contributed by atoms with van der Waals surface area (Å²) in [6.45, 7) is 4.04. The van der Waals surface area contributed by atoms with E-state index >= 15 is 0 Å². The average molecular weight is 286 g/mol. The normalized spacial score (nSPS) is 11.0. The van der Waals surface area contributed by atoms with Gasteiger partial charge in [-0.2, -0.15) is 4.98 Å². The van der Waals surface area contributed by atoms with E-state index in [4.69, 9.17) is 9.26 Å². The lowest BCUT2D eigenvalue weighted by Crippen LogP contribution is -2.01. The van der Waals surface area contributed by atoms with Gasteiger partial charge in [-0.1, -0.05) is 41.9 Å². The fourth-order valence-corrected chi connectivity index (χ4v) is 1.70. The van der Waals surface area contributed by atoms with Crippen molar-refractivity contribution in [1.82, 2.24) is 10.1 Å². The number of aryl methyl sites for hydroxylation is 2. The van der Waals surface area contributed by atoms with Crippen molar-refractivity contribution < 1.29 is 14.1 Å². The largest absolute Gasteiger partial charge is 0.452 e. The second kappa shape index (κ2) is 7.38. The molecule has 0 unspecified atom stereocenters. The van der Waals surface area contributed by atoms with Crippen LogP contribution in [0.1, 0.15) is 36.2 Å². The number of benzene rings is 1. The molecule has 0 bridgehead atoms. The molecule has 0 fully saturated rings. The third-order valence-electron chi connectivity index (χ3n) is 2.81. The van der Waals surface area contributed by atoms with Crippen LogP contribution in [-0.2, 0) is 22.6 Å². The van der Waals surface area contributed by atoms with Gasteiger partial charge in [0.05, 0.1) is 0 Å². The lowest BCUT2D eigenvalue weighted by molar-refractivity contribution is -0.139. The minimum Gasteiger partial charge on any atom is -0.452 e. The van der Waals surface area contributed by atoms with E-state index in [1.807, 2.05) is 38.1 Å². The van der Waals surface area contributed by atoms with Crippen molar-refractivity contribution in [3.8, 4) is 0 Å². The van der Waals surface area contributed by atoms with E-state index in [0.29, 0.717) is 11.7 Å². The zero-order valence-corrected chi connectivity index (χ0v) is 12.2. The van der Waals surface area contributed by atoms with Crippen molar-refractivity contribution >= 4 is 12.0 Å². The van der Waals surface area contributed by atoms with Crippen LogP contribution in [0.5, 0.6) is 0 Å². The highest BCUT2D eigenvalue weighted by Crippen LogP contribution is 2.06. The van der Waals surface area contributed by atoms with Crippen LogP contribution in [0, 0.1) is 6.92 Å². The van der Waals surface area contributed by atoms with Crippen molar-refractivity contribution in [2.45, 2.75) is 33.3 Å². The van der Waals surface area contributed by atoms with Gasteiger partial charge in [0, 0.05) is 12.5 Å². The van der Waals surface area contributed by atoms with E-state index in [-0.39, 0.29) is 6.61 Å². The number of esters is 1. The van der Waals surface area contributed by atoms with Crippen molar-refractivity contribution in [1.29, 1.82) is 0 Å². The molecule has 0 N–H and O–H groups in total. The Balaban J connectivity index is 1.82. The number of carbonyl (C=O) groups excluding carboxylic acids is 1. The molecule has 2 rings (SSSR count). The van der Waals surface area contributed by atoms with Gasteiger partial charge in [-0.25, -0.2) is 4.79 Å². The van der Waals surface area contributed by atoms with Gasteiger partial charge in [0.1, 0.15) is 0 Å². The van der Waals surface area contributed by atoms with E-state index in [2.05, 4.69) is 10.1 Å². The number of carbonyl (C=O) groups is 1. The lowest BCUT2D eigenvalue weighted by Gasteiger charge is -1.97. The number of rotatable bonds is 6. The van der Waals surface area contributed by atoms with Crippen LogP contribution < -0.4 is 0 Å². The van der Waals surface area contributed by atoms with Gasteiger partial charge in [-0.05, 0) is 25.0 Å². The third-order valence-corrected chi connectivity index (χ3v) is 2.81. The van der Waals surface area contributed by atoms with Crippen LogP contribution in [0.2, 0.25) is 0 Å². The Kier molecular flexibility index (Phi) is 5.26. The molecule has 0 aliphatic carbocycles. The number of aromatic nitrogens is 2. The second-order valence-corrected chi connectivity index (χ2v) is 4.71. The lowest BCUT2D eigenvalue weighted by atomic mass is 10.1. The molecule has 110 valence electrons. The maximum atomic E-state index is 11.6. The minimum atomic E-state index is -0.439. The summed E-state index contributed by atoms with van der Waals surface area (Å²) >= 11 is 0. The highest BCUT2D eigenvalue weighted by molar-refractivity contribution is 5.86. The van der Waals surface area contributed by atoms with E-state index in [0.717, 1.165) is 18.4 Å². The molecule has 0 saturated carbocycles. The standard InChI is InChI=1S/C16H18N2O3/c1-3-4-14-17-15(21-18-14)11-20-16(19)10-9-13-7-5-12(2)6-8-13/h5-10H,3-4,11H2,1-2H3/b10-9+. The van der Waals surface area contributed by atoms with Gasteiger partial charge in [0.25, 0.3) is 5.89 Å². The van der Waals surface area contributed by atoms with Gasteiger partial charge in [-0.3, -0.25) is 0 Å². The first-order chi connectivity index (χ1) is 10.2. The summed E-state index contributed by atoms with van der Waals surface area (Å²) in [6, 6.07) is 7.85. The quantitative estimate of drug-likeness (QED) is 0.603. The van der Waals surface area contributed by atoms with Gasteiger partial charge < -0.3 is 9.26 Å². The second-order valence-electron chi connectivity index (χ2n) is 4.71. The van der Waals surface area contributed by atoms with E-state index in [1.165, 1.54) is 11.6 Å². The van der Waals surface area contributed by atoms with E-state index < -0.39 is 5.97 Å². The van der Waals surface area contributed by atoms with Crippen LogP contribution in [0.25, 0.3) is 6.08 Å². The highest BCUT2D eigenvalue weighted by atomic mass is 16.6. The van der Waals surface area contributed by atoms with Crippen LogP contribution in [0.4, 0.5) is 0 Å². The van der Waals surface area contributed by atoms with Crippen molar-refractivity contribution in [3.05, 3.63) is 53.2 Å². The molecule has 1 aromatic heterocycles. The van der Waals surface area contributed by atoms with Crippen LogP contribution >= 0.6 is 0 Å². The maximum absolute atomic E-state index is 11.6. The summed E-state index contributed by atoms with van der Waals surface area (Å²) in [7, 11) is 0. The van der Waals surface area contributed by atoms with Gasteiger partial charge >= 0.3 is 5.97 Å². The third kappa shape index (κ3) is 4.87. The fraction of sp³-hybridized carbons (Fsp3) is 0.312. The van der Waals surface area contributed by atoms with Crippen LogP contribution in [0.15, 0.2) is 34.9 Å². The monoisotopic (exact) mass is 286 g/mol. The first-order valence-corrected chi connectivity index (χ1v) is 6.90. The molecule has 21 heavy (non-hydrogen) atoms. The molecule has 1 heterocycles. The van der Waals surface area contributed by atoms with Crippen molar-refractivity contribution in [3.63, 3.8) is 0 Å². The molecular formula is C16H18N2O3. The molecule has 0 aliphatic heterocycles. The zero-order valence-electron chi connectivity index (χ0n) is 12.2. The summed E-state index contributed by atoms with van der Waals surface area (Å²) in [5.74, 6) is 0.514. The molecule has 5 heteroatoms. The molecule has 0 spiro atoms. The maximum Gasteiger partial charge on any atom is 0.331 e. The Hall–Kier alpha value is -2.43. The fourth-order valence-electron chi connectivity index (χ4n) is 1.70. The summed E-state index contributed by atoms with van der Waals surface area (Å²) in [4.78, 5) is 15.7.